The van der Waals surface area contributed by atoms with Gasteiger partial charge in [0.25, 0.3) is 0 Å². The summed E-state index contributed by atoms with van der Waals surface area (Å²) in [6, 6.07) is 0. The summed E-state index contributed by atoms with van der Waals surface area (Å²) in [5, 5.41) is 9.52. The van der Waals surface area contributed by atoms with E-state index in [1.54, 1.807) is 0 Å². The van der Waals surface area contributed by atoms with Crippen LogP contribution in [0.2, 0.25) is 0 Å². The summed E-state index contributed by atoms with van der Waals surface area (Å²) in [5.41, 5.74) is 0.115. The molecule has 1 atom stereocenters. The zero-order valence-corrected chi connectivity index (χ0v) is 7.65. The second-order valence-corrected chi connectivity index (χ2v) is 3.66. The largest absolute Gasteiger partial charge is 0.393 e. The highest BCUT2D eigenvalue weighted by Gasteiger charge is 2.24. The Kier molecular flexibility index (Phi) is 3.95. The predicted octanol–water partition coefficient (Wildman–Crippen LogP) is 2.58. The van der Waals surface area contributed by atoms with Crippen molar-refractivity contribution in [2.24, 2.45) is 5.41 Å². The summed E-state index contributed by atoms with van der Waals surface area (Å²) < 4.78 is 0. The van der Waals surface area contributed by atoms with Crippen LogP contribution in [0.15, 0.2) is 0 Å². The highest BCUT2D eigenvalue weighted by molar-refractivity contribution is 4.75. The van der Waals surface area contributed by atoms with E-state index in [9.17, 15) is 5.11 Å². The van der Waals surface area contributed by atoms with Gasteiger partial charge in [-0.05, 0) is 18.3 Å². The van der Waals surface area contributed by atoms with E-state index in [2.05, 4.69) is 20.8 Å². The topological polar surface area (TPSA) is 20.2 Å². The normalized spacial score (nSPS) is 15.3. The smallest absolute Gasteiger partial charge is 0.0588 e. The monoisotopic (exact) mass is 144 g/mol. The third kappa shape index (κ3) is 2.70. The lowest BCUT2D eigenvalue weighted by Crippen LogP contribution is -2.28. The van der Waals surface area contributed by atoms with Gasteiger partial charge in [0.2, 0.25) is 0 Å². The molecule has 0 aliphatic rings. The van der Waals surface area contributed by atoms with Crippen LogP contribution in [-0.4, -0.2) is 11.2 Å². The Labute approximate surface area is 64.5 Å². The predicted molar refractivity (Wildman–Crippen MR) is 45.0 cm³/mol. The molecule has 0 heterocycles. The standard InChI is InChI=1S/C9H20O/c1-5-7-9(3,4)8(10)6-2/h8,10H,5-7H2,1-4H3. The van der Waals surface area contributed by atoms with Crippen molar-refractivity contribution in [3.63, 3.8) is 0 Å². The molecule has 0 aliphatic heterocycles. The molecular weight excluding hydrogens is 124 g/mol. The molecule has 10 heavy (non-hydrogen) atoms. The van der Waals surface area contributed by atoms with E-state index < -0.39 is 0 Å². The number of aliphatic hydroxyl groups excluding tert-OH is 1. The lowest BCUT2D eigenvalue weighted by molar-refractivity contribution is 0.0407. The van der Waals surface area contributed by atoms with E-state index in [0.29, 0.717) is 0 Å². The Morgan fingerprint density at radius 3 is 2.10 bits per heavy atom. The van der Waals surface area contributed by atoms with Gasteiger partial charge in [0.1, 0.15) is 0 Å². The first kappa shape index (κ1) is 9.96. The highest BCUT2D eigenvalue weighted by Crippen LogP contribution is 2.28. The molecule has 1 nitrogen and oxygen atoms in total. The highest BCUT2D eigenvalue weighted by atomic mass is 16.3. The zero-order valence-electron chi connectivity index (χ0n) is 7.65. The van der Waals surface area contributed by atoms with Crippen LogP contribution in [0, 0.1) is 5.41 Å². The van der Waals surface area contributed by atoms with Crippen LogP contribution in [-0.2, 0) is 0 Å². The van der Waals surface area contributed by atoms with Crippen molar-refractivity contribution in [1.29, 1.82) is 0 Å². The Hall–Kier alpha value is -0.0400. The molecule has 0 saturated heterocycles. The molecule has 0 aromatic carbocycles. The molecule has 0 aliphatic carbocycles. The first-order valence-corrected chi connectivity index (χ1v) is 4.22. The zero-order chi connectivity index (χ0) is 8.20. The second kappa shape index (κ2) is 3.97. The molecule has 0 aromatic rings. The van der Waals surface area contributed by atoms with E-state index in [1.807, 2.05) is 6.92 Å². The lowest BCUT2D eigenvalue weighted by atomic mass is 9.81. The Bertz CT molecular complexity index is 86.7. The maximum Gasteiger partial charge on any atom is 0.0588 e. The maximum absolute atomic E-state index is 9.52. The van der Waals surface area contributed by atoms with Gasteiger partial charge < -0.3 is 5.11 Å². The third-order valence-corrected chi connectivity index (χ3v) is 2.18. The summed E-state index contributed by atoms with van der Waals surface area (Å²) >= 11 is 0. The van der Waals surface area contributed by atoms with E-state index in [4.69, 9.17) is 0 Å². The van der Waals surface area contributed by atoms with E-state index >= 15 is 0 Å². The molecule has 62 valence electrons. The fourth-order valence-corrected chi connectivity index (χ4v) is 1.36. The average Bonchev–Trinajstić information content (AvgIpc) is 1.86. The lowest BCUT2D eigenvalue weighted by Gasteiger charge is -2.29. The van der Waals surface area contributed by atoms with E-state index in [-0.39, 0.29) is 11.5 Å². The van der Waals surface area contributed by atoms with Crippen molar-refractivity contribution in [2.45, 2.75) is 53.1 Å². The second-order valence-electron chi connectivity index (χ2n) is 3.66. The molecule has 0 saturated carbocycles. The van der Waals surface area contributed by atoms with Gasteiger partial charge in [-0.2, -0.15) is 0 Å². The molecule has 1 N–H and O–H groups in total. The molecule has 1 heteroatoms. The minimum Gasteiger partial charge on any atom is -0.393 e. The van der Waals surface area contributed by atoms with Gasteiger partial charge in [0.15, 0.2) is 0 Å². The van der Waals surface area contributed by atoms with Crippen molar-refractivity contribution >= 4 is 0 Å². The van der Waals surface area contributed by atoms with Gasteiger partial charge in [0.05, 0.1) is 6.10 Å². The molecule has 0 rings (SSSR count). The summed E-state index contributed by atoms with van der Waals surface area (Å²) in [7, 11) is 0. The number of aliphatic hydroxyl groups is 1. The van der Waals surface area contributed by atoms with Crippen molar-refractivity contribution in [3.05, 3.63) is 0 Å². The molecule has 0 spiro atoms. The minimum absolute atomic E-state index is 0.115. The fraction of sp³-hybridized carbons (Fsp3) is 1.00. The van der Waals surface area contributed by atoms with Gasteiger partial charge in [0, 0.05) is 0 Å². The van der Waals surface area contributed by atoms with Crippen LogP contribution in [0.1, 0.15) is 47.0 Å². The van der Waals surface area contributed by atoms with E-state index in [1.165, 1.54) is 0 Å². The molecular formula is C9H20O. The SMILES string of the molecule is CCCC(C)(C)C(O)CC. The Morgan fingerprint density at radius 1 is 1.30 bits per heavy atom. The molecule has 1 unspecified atom stereocenters. The van der Waals surface area contributed by atoms with Crippen molar-refractivity contribution in [2.75, 3.05) is 0 Å². The summed E-state index contributed by atoms with van der Waals surface area (Å²) in [6.07, 6.45) is 3.01. The Morgan fingerprint density at radius 2 is 1.80 bits per heavy atom. The fourth-order valence-electron chi connectivity index (χ4n) is 1.36. The van der Waals surface area contributed by atoms with Crippen LogP contribution in [0.3, 0.4) is 0 Å². The van der Waals surface area contributed by atoms with Crippen LogP contribution in [0.5, 0.6) is 0 Å². The molecule has 0 radical (unpaired) electrons. The molecule has 0 amide bonds. The number of hydrogen-bond acceptors (Lipinski definition) is 1. The van der Waals surface area contributed by atoms with Crippen LogP contribution in [0.25, 0.3) is 0 Å². The van der Waals surface area contributed by atoms with Crippen molar-refractivity contribution in [3.8, 4) is 0 Å². The van der Waals surface area contributed by atoms with Crippen LogP contribution in [0.4, 0.5) is 0 Å². The van der Waals surface area contributed by atoms with Gasteiger partial charge in [-0.3, -0.25) is 0 Å². The quantitative estimate of drug-likeness (QED) is 0.643. The number of hydrogen-bond donors (Lipinski definition) is 1. The first-order chi connectivity index (χ1) is 4.54. The average molecular weight is 144 g/mol. The summed E-state index contributed by atoms with van der Waals surface area (Å²) in [4.78, 5) is 0. The maximum atomic E-state index is 9.52. The molecule has 0 bridgehead atoms. The van der Waals surface area contributed by atoms with Gasteiger partial charge in [-0.15, -0.1) is 0 Å². The summed E-state index contributed by atoms with van der Waals surface area (Å²) in [6.45, 7) is 8.45. The van der Waals surface area contributed by atoms with Crippen molar-refractivity contribution in [1.82, 2.24) is 0 Å². The molecule has 0 fully saturated rings. The van der Waals surface area contributed by atoms with Gasteiger partial charge >= 0.3 is 0 Å². The van der Waals surface area contributed by atoms with Gasteiger partial charge in [-0.25, -0.2) is 0 Å². The first-order valence-electron chi connectivity index (χ1n) is 4.22. The van der Waals surface area contributed by atoms with Crippen LogP contribution >= 0.6 is 0 Å². The minimum atomic E-state index is -0.132. The summed E-state index contributed by atoms with van der Waals surface area (Å²) in [5.74, 6) is 0. The Balaban J connectivity index is 3.82. The van der Waals surface area contributed by atoms with Gasteiger partial charge in [-0.1, -0.05) is 34.1 Å². The van der Waals surface area contributed by atoms with E-state index in [0.717, 1.165) is 19.3 Å². The number of rotatable bonds is 4. The van der Waals surface area contributed by atoms with Crippen molar-refractivity contribution < 1.29 is 5.11 Å². The molecule has 0 aromatic heterocycles. The van der Waals surface area contributed by atoms with Crippen LogP contribution < -0.4 is 0 Å². The third-order valence-electron chi connectivity index (χ3n) is 2.18.